The normalized spacial score (nSPS) is 9.88. The Kier molecular flexibility index (Phi) is 3.31. The molecule has 16 heavy (non-hydrogen) atoms. The van der Waals surface area contributed by atoms with Crippen LogP contribution >= 0.6 is 11.3 Å². The summed E-state index contributed by atoms with van der Waals surface area (Å²) in [7, 11) is 3.26. The molecule has 2 aromatic rings. The Labute approximate surface area is 98.6 Å². The summed E-state index contributed by atoms with van der Waals surface area (Å²) in [6.45, 7) is 0. The van der Waals surface area contributed by atoms with E-state index in [1.807, 2.05) is 35.7 Å². The van der Waals surface area contributed by atoms with Crippen LogP contribution in [0.4, 0.5) is 10.7 Å². The van der Waals surface area contributed by atoms with E-state index in [1.165, 1.54) is 0 Å². The first kappa shape index (κ1) is 10.8. The maximum Gasteiger partial charge on any atom is 0.162 e. The van der Waals surface area contributed by atoms with Crippen molar-refractivity contribution in [1.82, 2.24) is 0 Å². The van der Waals surface area contributed by atoms with Crippen molar-refractivity contribution < 1.29 is 9.47 Å². The molecule has 4 heteroatoms. The Morgan fingerprint density at radius 3 is 2.50 bits per heavy atom. The molecule has 0 fully saturated rings. The zero-order chi connectivity index (χ0) is 11.4. The minimum Gasteiger partial charge on any atom is -0.493 e. The monoisotopic (exact) mass is 235 g/mol. The van der Waals surface area contributed by atoms with Crippen molar-refractivity contribution in [1.29, 1.82) is 0 Å². The topological polar surface area (TPSA) is 30.5 Å². The second-order valence-corrected chi connectivity index (χ2v) is 4.12. The quantitative estimate of drug-likeness (QED) is 0.879. The maximum atomic E-state index is 5.23. The first-order valence-corrected chi connectivity index (χ1v) is 5.74. The van der Waals surface area contributed by atoms with Crippen molar-refractivity contribution in [3.8, 4) is 11.5 Å². The van der Waals surface area contributed by atoms with Crippen LogP contribution in [0.3, 0.4) is 0 Å². The van der Waals surface area contributed by atoms with Crippen LogP contribution < -0.4 is 14.8 Å². The molecule has 0 aliphatic heterocycles. The van der Waals surface area contributed by atoms with Crippen molar-refractivity contribution in [2.45, 2.75) is 0 Å². The zero-order valence-electron chi connectivity index (χ0n) is 9.19. The van der Waals surface area contributed by atoms with Gasteiger partial charge in [-0.1, -0.05) is 0 Å². The molecule has 0 aliphatic carbocycles. The van der Waals surface area contributed by atoms with Gasteiger partial charge in [-0.25, -0.2) is 0 Å². The molecule has 1 aromatic heterocycles. The number of hydrogen-bond donors (Lipinski definition) is 1. The highest BCUT2D eigenvalue weighted by Crippen LogP contribution is 2.31. The Bertz CT molecular complexity index is 454. The average Bonchev–Trinajstić information content (AvgIpc) is 2.81. The molecule has 0 spiro atoms. The van der Waals surface area contributed by atoms with E-state index in [4.69, 9.17) is 9.47 Å². The van der Waals surface area contributed by atoms with Crippen LogP contribution in [0.5, 0.6) is 11.5 Å². The number of anilines is 2. The van der Waals surface area contributed by atoms with E-state index in [0.717, 1.165) is 22.2 Å². The van der Waals surface area contributed by atoms with Crippen molar-refractivity contribution in [3.63, 3.8) is 0 Å². The van der Waals surface area contributed by atoms with Gasteiger partial charge in [-0.2, -0.15) is 0 Å². The largest absolute Gasteiger partial charge is 0.493 e. The summed E-state index contributed by atoms with van der Waals surface area (Å²) in [5, 5.41) is 6.43. The fourth-order valence-electron chi connectivity index (χ4n) is 1.41. The van der Waals surface area contributed by atoms with Gasteiger partial charge < -0.3 is 14.8 Å². The lowest BCUT2D eigenvalue weighted by Gasteiger charge is -2.10. The predicted molar refractivity (Wildman–Crippen MR) is 67.1 cm³/mol. The van der Waals surface area contributed by atoms with Crippen LogP contribution in [0.1, 0.15) is 0 Å². The lowest BCUT2D eigenvalue weighted by Crippen LogP contribution is -1.93. The second kappa shape index (κ2) is 4.90. The zero-order valence-corrected chi connectivity index (χ0v) is 10.0. The van der Waals surface area contributed by atoms with E-state index in [9.17, 15) is 0 Å². The van der Waals surface area contributed by atoms with Crippen molar-refractivity contribution in [2.24, 2.45) is 0 Å². The first-order chi connectivity index (χ1) is 7.83. The van der Waals surface area contributed by atoms with E-state index in [0.29, 0.717) is 0 Å². The number of rotatable bonds is 4. The molecular weight excluding hydrogens is 222 g/mol. The van der Waals surface area contributed by atoms with Gasteiger partial charge in [0.15, 0.2) is 11.5 Å². The van der Waals surface area contributed by atoms with E-state index in [-0.39, 0.29) is 0 Å². The molecule has 1 heterocycles. The summed E-state index contributed by atoms with van der Waals surface area (Å²) in [5.41, 5.74) is 0.986. The number of thiophene rings is 1. The molecule has 0 amide bonds. The molecule has 0 radical (unpaired) electrons. The molecule has 3 nitrogen and oxygen atoms in total. The van der Waals surface area contributed by atoms with Crippen molar-refractivity contribution >= 4 is 22.0 Å². The lowest BCUT2D eigenvalue weighted by molar-refractivity contribution is 0.355. The molecule has 0 aliphatic rings. The standard InChI is InChI=1S/C12H13NO2S/c1-14-10-6-5-9(8-11(10)15-2)13-12-4-3-7-16-12/h3-8,13H,1-2H3. The van der Waals surface area contributed by atoms with Gasteiger partial charge in [0.1, 0.15) is 0 Å². The number of hydrogen-bond acceptors (Lipinski definition) is 4. The first-order valence-electron chi connectivity index (χ1n) is 4.86. The summed E-state index contributed by atoms with van der Waals surface area (Å²) in [6, 6.07) is 9.80. The summed E-state index contributed by atoms with van der Waals surface area (Å²) < 4.78 is 10.4. The van der Waals surface area contributed by atoms with E-state index >= 15 is 0 Å². The molecule has 1 N–H and O–H groups in total. The van der Waals surface area contributed by atoms with Gasteiger partial charge in [0.2, 0.25) is 0 Å². The van der Waals surface area contributed by atoms with Gasteiger partial charge in [0.25, 0.3) is 0 Å². The third-order valence-electron chi connectivity index (χ3n) is 2.17. The summed E-state index contributed by atoms with van der Waals surface area (Å²) >= 11 is 1.66. The molecular formula is C12H13NO2S. The second-order valence-electron chi connectivity index (χ2n) is 3.17. The number of nitrogens with one attached hydrogen (secondary N) is 1. The number of benzene rings is 1. The number of methoxy groups -OCH3 is 2. The third-order valence-corrected chi connectivity index (χ3v) is 2.96. The molecule has 0 bridgehead atoms. The minimum atomic E-state index is 0.726. The Balaban J connectivity index is 2.22. The van der Waals surface area contributed by atoms with Gasteiger partial charge in [-0.3, -0.25) is 0 Å². The van der Waals surface area contributed by atoms with Crippen LogP contribution in [-0.2, 0) is 0 Å². The highest BCUT2D eigenvalue weighted by atomic mass is 32.1. The molecule has 1 aromatic carbocycles. The minimum absolute atomic E-state index is 0.726. The van der Waals surface area contributed by atoms with E-state index in [1.54, 1.807) is 25.6 Å². The SMILES string of the molecule is COc1ccc(Nc2cccs2)cc1OC. The molecule has 84 valence electrons. The van der Waals surface area contributed by atoms with Crippen molar-refractivity contribution in [2.75, 3.05) is 19.5 Å². The third kappa shape index (κ3) is 2.28. The van der Waals surface area contributed by atoms with Crippen LogP contribution in [0, 0.1) is 0 Å². The molecule has 0 saturated heterocycles. The summed E-state index contributed by atoms with van der Waals surface area (Å²) in [5.74, 6) is 1.46. The van der Waals surface area contributed by atoms with Crippen LogP contribution in [-0.4, -0.2) is 14.2 Å². The van der Waals surface area contributed by atoms with E-state index < -0.39 is 0 Å². The Morgan fingerprint density at radius 2 is 1.88 bits per heavy atom. The van der Waals surface area contributed by atoms with Gasteiger partial charge in [0, 0.05) is 11.8 Å². The summed E-state index contributed by atoms with van der Waals surface area (Å²) in [4.78, 5) is 0. The smallest absolute Gasteiger partial charge is 0.162 e. The number of ether oxygens (including phenoxy) is 2. The predicted octanol–water partition coefficient (Wildman–Crippen LogP) is 3.51. The van der Waals surface area contributed by atoms with Gasteiger partial charge in [-0.15, -0.1) is 11.3 Å². The highest BCUT2D eigenvalue weighted by molar-refractivity contribution is 7.14. The Hall–Kier alpha value is -1.68. The van der Waals surface area contributed by atoms with Crippen LogP contribution in [0.25, 0.3) is 0 Å². The van der Waals surface area contributed by atoms with Gasteiger partial charge >= 0.3 is 0 Å². The highest BCUT2D eigenvalue weighted by Gasteiger charge is 2.04. The molecule has 2 rings (SSSR count). The Morgan fingerprint density at radius 1 is 1.06 bits per heavy atom. The molecule has 0 saturated carbocycles. The molecule has 0 unspecified atom stereocenters. The van der Waals surface area contributed by atoms with Gasteiger partial charge in [-0.05, 0) is 29.6 Å². The maximum absolute atomic E-state index is 5.23. The van der Waals surface area contributed by atoms with Gasteiger partial charge in [0.05, 0.1) is 19.2 Å². The summed E-state index contributed by atoms with van der Waals surface area (Å²) in [6.07, 6.45) is 0. The van der Waals surface area contributed by atoms with Crippen LogP contribution in [0.15, 0.2) is 35.7 Å². The van der Waals surface area contributed by atoms with Crippen LogP contribution in [0.2, 0.25) is 0 Å². The average molecular weight is 235 g/mol. The van der Waals surface area contributed by atoms with Crippen molar-refractivity contribution in [3.05, 3.63) is 35.7 Å². The molecule has 0 atom stereocenters. The fourth-order valence-corrected chi connectivity index (χ4v) is 2.04. The fraction of sp³-hybridized carbons (Fsp3) is 0.167. The van der Waals surface area contributed by atoms with E-state index in [2.05, 4.69) is 5.32 Å². The lowest BCUT2D eigenvalue weighted by atomic mass is 10.3.